The lowest BCUT2D eigenvalue weighted by atomic mass is 10.0. The number of hydrogen-bond donors (Lipinski definition) is 1. The highest BCUT2D eigenvalue weighted by molar-refractivity contribution is 9.10. The molecule has 20 heavy (non-hydrogen) atoms. The molecule has 0 aliphatic carbocycles. The average molecular weight is 361 g/mol. The van der Waals surface area contributed by atoms with Gasteiger partial charge in [-0.1, -0.05) is 28.1 Å². The van der Waals surface area contributed by atoms with Crippen LogP contribution in [0, 0.1) is 5.92 Å². The van der Waals surface area contributed by atoms with Crippen LogP contribution in [0.15, 0.2) is 28.7 Å². The number of carboxylic acids is 1. The van der Waals surface area contributed by atoms with Gasteiger partial charge in [-0.25, -0.2) is 0 Å². The predicted molar refractivity (Wildman–Crippen MR) is 79.7 cm³/mol. The Morgan fingerprint density at radius 1 is 1.45 bits per heavy atom. The SMILES string of the molecule is O=C(O)CC(c1ccc(Br)cc1)N1CC(CCl)CC1=O. The third kappa shape index (κ3) is 3.52. The molecule has 2 atom stereocenters. The molecule has 1 aromatic carbocycles. The minimum Gasteiger partial charge on any atom is -0.481 e. The third-order valence-electron chi connectivity index (χ3n) is 3.46. The molecule has 2 rings (SSSR count). The first-order valence-electron chi connectivity index (χ1n) is 6.34. The Bertz CT molecular complexity index is 506. The van der Waals surface area contributed by atoms with E-state index in [0.29, 0.717) is 18.8 Å². The molecule has 1 saturated heterocycles. The van der Waals surface area contributed by atoms with Crippen molar-refractivity contribution in [3.63, 3.8) is 0 Å². The minimum atomic E-state index is -0.917. The number of amides is 1. The van der Waals surface area contributed by atoms with Gasteiger partial charge in [-0.05, 0) is 23.6 Å². The van der Waals surface area contributed by atoms with Crippen LogP contribution >= 0.6 is 27.5 Å². The zero-order chi connectivity index (χ0) is 14.7. The number of alkyl halides is 1. The molecule has 1 amide bonds. The van der Waals surface area contributed by atoms with E-state index in [1.54, 1.807) is 4.90 Å². The Kier molecular flexibility index (Phi) is 5.05. The van der Waals surface area contributed by atoms with Crippen molar-refractivity contribution in [2.45, 2.75) is 18.9 Å². The molecule has 1 N–H and O–H groups in total. The number of nitrogens with zero attached hydrogens (tertiary/aromatic N) is 1. The monoisotopic (exact) mass is 359 g/mol. The fraction of sp³-hybridized carbons (Fsp3) is 0.429. The maximum Gasteiger partial charge on any atom is 0.305 e. The highest BCUT2D eigenvalue weighted by Crippen LogP contribution is 2.32. The van der Waals surface area contributed by atoms with Crippen molar-refractivity contribution >= 4 is 39.4 Å². The van der Waals surface area contributed by atoms with Crippen molar-refractivity contribution in [3.05, 3.63) is 34.3 Å². The first-order valence-corrected chi connectivity index (χ1v) is 7.66. The highest BCUT2D eigenvalue weighted by atomic mass is 79.9. The molecule has 0 radical (unpaired) electrons. The Morgan fingerprint density at radius 2 is 2.10 bits per heavy atom. The van der Waals surface area contributed by atoms with Crippen molar-refractivity contribution in [2.24, 2.45) is 5.92 Å². The van der Waals surface area contributed by atoms with Crippen molar-refractivity contribution in [3.8, 4) is 0 Å². The van der Waals surface area contributed by atoms with Crippen molar-refractivity contribution in [1.82, 2.24) is 4.90 Å². The summed E-state index contributed by atoms with van der Waals surface area (Å²) >= 11 is 9.16. The van der Waals surface area contributed by atoms with Crippen LogP contribution in [0.5, 0.6) is 0 Å². The zero-order valence-corrected chi connectivity index (χ0v) is 13.1. The molecule has 2 unspecified atom stereocenters. The van der Waals surface area contributed by atoms with E-state index < -0.39 is 12.0 Å². The quantitative estimate of drug-likeness (QED) is 0.821. The number of halogens is 2. The number of carboxylic acid groups (broad SMARTS) is 1. The van der Waals surface area contributed by atoms with E-state index in [0.717, 1.165) is 10.0 Å². The molecule has 1 heterocycles. The summed E-state index contributed by atoms with van der Waals surface area (Å²) in [5, 5.41) is 9.10. The Labute approximate surface area is 130 Å². The van der Waals surface area contributed by atoms with Crippen LogP contribution in [0.25, 0.3) is 0 Å². The second-order valence-electron chi connectivity index (χ2n) is 4.94. The number of aliphatic carboxylic acids is 1. The van der Waals surface area contributed by atoms with Gasteiger partial charge in [-0.2, -0.15) is 0 Å². The third-order valence-corrected chi connectivity index (χ3v) is 4.42. The number of hydrogen-bond acceptors (Lipinski definition) is 2. The number of likely N-dealkylation sites (tertiary alicyclic amines) is 1. The standard InChI is InChI=1S/C14H15BrClNO3/c15-11-3-1-10(2-4-11)12(6-14(19)20)17-8-9(7-16)5-13(17)18/h1-4,9,12H,5-8H2,(H,19,20). The minimum absolute atomic E-state index is 0.0233. The summed E-state index contributed by atoms with van der Waals surface area (Å²) < 4.78 is 0.918. The van der Waals surface area contributed by atoms with Crippen LogP contribution in [0.4, 0.5) is 0 Å². The van der Waals surface area contributed by atoms with E-state index >= 15 is 0 Å². The average Bonchev–Trinajstić information content (AvgIpc) is 2.78. The van der Waals surface area contributed by atoms with Crippen LogP contribution in [0.1, 0.15) is 24.4 Å². The van der Waals surface area contributed by atoms with E-state index in [1.165, 1.54) is 0 Å². The van der Waals surface area contributed by atoms with Crippen LogP contribution in [0.3, 0.4) is 0 Å². The van der Waals surface area contributed by atoms with Gasteiger partial charge >= 0.3 is 5.97 Å². The van der Waals surface area contributed by atoms with E-state index in [1.807, 2.05) is 24.3 Å². The maximum absolute atomic E-state index is 12.1. The molecular weight excluding hydrogens is 346 g/mol. The highest BCUT2D eigenvalue weighted by Gasteiger charge is 2.35. The lowest BCUT2D eigenvalue weighted by molar-refractivity contribution is -0.139. The molecule has 0 aromatic heterocycles. The summed E-state index contributed by atoms with van der Waals surface area (Å²) in [6.07, 6.45) is 0.304. The number of carbonyl (C=O) groups is 2. The van der Waals surface area contributed by atoms with E-state index in [-0.39, 0.29) is 18.2 Å². The number of rotatable bonds is 5. The molecule has 108 valence electrons. The van der Waals surface area contributed by atoms with E-state index in [2.05, 4.69) is 15.9 Å². The van der Waals surface area contributed by atoms with Gasteiger partial charge in [-0.3, -0.25) is 9.59 Å². The molecule has 0 bridgehead atoms. The molecule has 1 aliphatic heterocycles. The van der Waals surface area contributed by atoms with Gasteiger partial charge in [0.1, 0.15) is 0 Å². The molecule has 1 aliphatic rings. The number of carbonyl (C=O) groups excluding carboxylic acids is 1. The summed E-state index contributed by atoms with van der Waals surface area (Å²) in [7, 11) is 0. The lowest BCUT2D eigenvalue weighted by Crippen LogP contribution is -2.32. The van der Waals surface area contributed by atoms with Gasteiger partial charge in [-0.15, -0.1) is 11.6 Å². The predicted octanol–water partition coefficient (Wildman–Crippen LogP) is 3.05. The Hall–Kier alpha value is -1.07. The summed E-state index contributed by atoms with van der Waals surface area (Å²) in [6.45, 7) is 0.524. The van der Waals surface area contributed by atoms with Gasteiger partial charge < -0.3 is 10.0 Å². The molecule has 1 fully saturated rings. The Balaban J connectivity index is 2.26. The molecule has 0 saturated carbocycles. The lowest BCUT2D eigenvalue weighted by Gasteiger charge is -2.27. The van der Waals surface area contributed by atoms with Gasteiger partial charge in [0.25, 0.3) is 0 Å². The van der Waals surface area contributed by atoms with Crippen LogP contribution in [-0.2, 0) is 9.59 Å². The van der Waals surface area contributed by atoms with Gasteiger partial charge in [0.15, 0.2) is 0 Å². The Morgan fingerprint density at radius 3 is 2.60 bits per heavy atom. The van der Waals surface area contributed by atoms with Crippen molar-refractivity contribution in [1.29, 1.82) is 0 Å². The summed E-state index contributed by atoms with van der Waals surface area (Å²) in [5.74, 6) is -0.414. The van der Waals surface area contributed by atoms with Crippen LogP contribution < -0.4 is 0 Å². The van der Waals surface area contributed by atoms with E-state index in [4.69, 9.17) is 16.7 Å². The summed E-state index contributed by atoms with van der Waals surface area (Å²) in [6, 6.07) is 6.97. The molecule has 1 aromatic rings. The second-order valence-corrected chi connectivity index (χ2v) is 6.16. The van der Waals surface area contributed by atoms with Crippen LogP contribution in [-0.4, -0.2) is 34.3 Å². The van der Waals surface area contributed by atoms with Gasteiger partial charge in [0, 0.05) is 23.3 Å². The largest absolute Gasteiger partial charge is 0.481 e. The molecule has 6 heteroatoms. The van der Waals surface area contributed by atoms with Crippen molar-refractivity contribution in [2.75, 3.05) is 12.4 Å². The van der Waals surface area contributed by atoms with Gasteiger partial charge in [0.2, 0.25) is 5.91 Å². The maximum atomic E-state index is 12.1. The van der Waals surface area contributed by atoms with E-state index in [9.17, 15) is 9.59 Å². The second kappa shape index (κ2) is 6.59. The normalized spacial score (nSPS) is 20.2. The topological polar surface area (TPSA) is 57.6 Å². The van der Waals surface area contributed by atoms with Crippen molar-refractivity contribution < 1.29 is 14.7 Å². The summed E-state index contributed by atoms with van der Waals surface area (Å²) in [5.41, 5.74) is 0.833. The molecule has 0 spiro atoms. The first-order chi connectivity index (χ1) is 9.51. The molecular formula is C14H15BrClNO3. The zero-order valence-electron chi connectivity index (χ0n) is 10.8. The molecule has 4 nitrogen and oxygen atoms in total. The smallest absolute Gasteiger partial charge is 0.305 e. The first kappa shape index (κ1) is 15.3. The van der Waals surface area contributed by atoms with Gasteiger partial charge in [0.05, 0.1) is 12.5 Å². The van der Waals surface area contributed by atoms with Crippen LogP contribution in [0.2, 0.25) is 0 Å². The number of benzene rings is 1. The fourth-order valence-electron chi connectivity index (χ4n) is 2.47. The summed E-state index contributed by atoms with van der Waals surface area (Å²) in [4.78, 5) is 24.8. The fourth-order valence-corrected chi connectivity index (χ4v) is 2.94.